The second-order valence-electron chi connectivity index (χ2n) is 5.96. The van der Waals surface area contributed by atoms with Crippen molar-refractivity contribution >= 4 is 11.6 Å². The standard InChI is InChI=1S/C18H20FN3O2/c19-15-4-6-16(7-5-15)20-18(24)14-3-8-17(23)22(13-14)12-11-21-9-1-2-10-21/h3-8,13H,1-2,9-12H2,(H,20,24). The quantitative estimate of drug-likeness (QED) is 0.916. The molecule has 1 N–H and O–H groups in total. The largest absolute Gasteiger partial charge is 0.322 e. The summed E-state index contributed by atoms with van der Waals surface area (Å²) in [6.45, 7) is 3.51. The Morgan fingerprint density at radius 1 is 1.04 bits per heavy atom. The Balaban J connectivity index is 1.68. The highest BCUT2D eigenvalue weighted by Crippen LogP contribution is 2.10. The van der Waals surface area contributed by atoms with Crippen molar-refractivity contribution in [3.8, 4) is 0 Å². The third-order valence-corrected chi connectivity index (χ3v) is 4.20. The van der Waals surface area contributed by atoms with E-state index in [2.05, 4.69) is 10.2 Å². The molecule has 1 aliphatic heterocycles. The maximum Gasteiger partial charge on any atom is 0.257 e. The van der Waals surface area contributed by atoms with E-state index in [4.69, 9.17) is 0 Å². The second kappa shape index (κ2) is 7.40. The maximum atomic E-state index is 12.9. The molecule has 0 atom stereocenters. The van der Waals surface area contributed by atoms with Gasteiger partial charge in [0, 0.05) is 31.0 Å². The number of rotatable bonds is 5. The number of amides is 1. The van der Waals surface area contributed by atoms with Crippen LogP contribution in [0.3, 0.4) is 0 Å². The third-order valence-electron chi connectivity index (χ3n) is 4.20. The van der Waals surface area contributed by atoms with Gasteiger partial charge in [-0.15, -0.1) is 0 Å². The highest BCUT2D eigenvalue weighted by molar-refractivity contribution is 6.04. The Morgan fingerprint density at radius 2 is 1.75 bits per heavy atom. The zero-order valence-corrected chi connectivity index (χ0v) is 13.4. The fraction of sp³-hybridized carbons (Fsp3) is 0.333. The molecule has 0 radical (unpaired) electrons. The number of benzene rings is 1. The van der Waals surface area contributed by atoms with Gasteiger partial charge in [0.25, 0.3) is 11.5 Å². The molecular weight excluding hydrogens is 309 g/mol. The third kappa shape index (κ3) is 4.08. The number of carbonyl (C=O) groups excluding carboxylic acids is 1. The van der Waals surface area contributed by atoms with E-state index in [9.17, 15) is 14.0 Å². The highest BCUT2D eigenvalue weighted by atomic mass is 19.1. The van der Waals surface area contributed by atoms with Gasteiger partial charge in [-0.2, -0.15) is 0 Å². The van der Waals surface area contributed by atoms with Crippen LogP contribution in [0.5, 0.6) is 0 Å². The predicted molar refractivity (Wildman–Crippen MR) is 90.7 cm³/mol. The molecule has 1 aliphatic rings. The van der Waals surface area contributed by atoms with Crippen molar-refractivity contribution in [3.05, 3.63) is 64.3 Å². The SMILES string of the molecule is O=C(Nc1ccc(F)cc1)c1ccc(=O)n(CCN2CCCC2)c1. The van der Waals surface area contributed by atoms with E-state index in [1.807, 2.05) is 0 Å². The fourth-order valence-corrected chi connectivity index (χ4v) is 2.83. The van der Waals surface area contributed by atoms with Crippen molar-refractivity contribution in [1.29, 1.82) is 0 Å². The minimum absolute atomic E-state index is 0.118. The fourth-order valence-electron chi connectivity index (χ4n) is 2.83. The van der Waals surface area contributed by atoms with Gasteiger partial charge in [-0.25, -0.2) is 4.39 Å². The summed E-state index contributed by atoms with van der Waals surface area (Å²) in [5.41, 5.74) is 0.795. The van der Waals surface area contributed by atoms with E-state index >= 15 is 0 Å². The van der Waals surface area contributed by atoms with Crippen molar-refractivity contribution in [1.82, 2.24) is 9.47 Å². The Hall–Kier alpha value is -2.47. The minimum atomic E-state index is -0.358. The molecule has 2 aromatic rings. The van der Waals surface area contributed by atoms with Crippen LogP contribution in [-0.2, 0) is 6.54 Å². The summed E-state index contributed by atoms with van der Waals surface area (Å²) in [7, 11) is 0. The first kappa shape index (κ1) is 16.4. The Labute approximate surface area is 139 Å². The van der Waals surface area contributed by atoms with Crippen molar-refractivity contribution < 1.29 is 9.18 Å². The number of likely N-dealkylation sites (tertiary alicyclic amines) is 1. The molecule has 0 saturated carbocycles. The lowest BCUT2D eigenvalue weighted by Crippen LogP contribution is -2.29. The first-order valence-electron chi connectivity index (χ1n) is 8.11. The molecule has 5 nitrogen and oxygen atoms in total. The summed E-state index contributed by atoms with van der Waals surface area (Å²) >= 11 is 0. The van der Waals surface area contributed by atoms with Gasteiger partial charge in [-0.05, 0) is 56.3 Å². The van der Waals surface area contributed by atoms with Crippen molar-refractivity contribution in [2.24, 2.45) is 0 Å². The lowest BCUT2D eigenvalue weighted by Gasteiger charge is -2.15. The van der Waals surface area contributed by atoms with Gasteiger partial charge in [-0.3, -0.25) is 9.59 Å². The zero-order valence-electron chi connectivity index (χ0n) is 13.4. The molecule has 0 spiro atoms. The molecule has 126 valence electrons. The average molecular weight is 329 g/mol. The molecule has 1 amide bonds. The number of carbonyl (C=O) groups is 1. The van der Waals surface area contributed by atoms with Gasteiger partial charge >= 0.3 is 0 Å². The van der Waals surface area contributed by atoms with Gasteiger partial charge in [0.05, 0.1) is 5.56 Å². The van der Waals surface area contributed by atoms with E-state index < -0.39 is 0 Å². The van der Waals surface area contributed by atoms with E-state index in [0.29, 0.717) is 17.8 Å². The molecule has 2 heterocycles. The van der Waals surface area contributed by atoms with Gasteiger partial charge < -0.3 is 14.8 Å². The Bertz CT molecular complexity index is 765. The highest BCUT2D eigenvalue weighted by Gasteiger charge is 2.12. The molecule has 1 saturated heterocycles. The van der Waals surface area contributed by atoms with Crippen molar-refractivity contribution in [2.75, 3.05) is 25.0 Å². The molecule has 24 heavy (non-hydrogen) atoms. The van der Waals surface area contributed by atoms with E-state index in [0.717, 1.165) is 19.6 Å². The molecule has 0 bridgehead atoms. The smallest absolute Gasteiger partial charge is 0.257 e. The molecule has 0 aliphatic carbocycles. The van der Waals surface area contributed by atoms with E-state index in [1.54, 1.807) is 10.8 Å². The lowest BCUT2D eigenvalue weighted by molar-refractivity contribution is 0.102. The number of nitrogens with zero attached hydrogens (tertiary/aromatic N) is 2. The van der Waals surface area contributed by atoms with Crippen LogP contribution in [0.2, 0.25) is 0 Å². The lowest BCUT2D eigenvalue weighted by atomic mass is 10.2. The Kier molecular flexibility index (Phi) is 5.05. The van der Waals surface area contributed by atoms with Crippen LogP contribution in [0.1, 0.15) is 23.2 Å². The summed E-state index contributed by atoms with van der Waals surface area (Å²) in [6.07, 6.45) is 3.99. The number of hydrogen-bond donors (Lipinski definition) is 1. The molecule has 1 aromatic heterocycles. The van der Waals surface area contributed by atoms with Crippen LogP contribution in [0.4, 0.5) is 10.1 Å². The van der Waals surface area contributed by atoms with Crippen molar-refractivity contribution in [3.63, 3.8) is 0 Å². The number of nitrogens with one attached hydrogen (secondary N) is 1. The molecule has 0 unspecified atom stereocenters. The van der Waals surface area contributed by atoms with Gasteiger partial charge in [-0.1, -0.05) is 0 Å². The normalized spacial score (nSPS) is 14.7. The predicted octanol–water partition coefficient (Wildman–Crippen LogP) is 2.34. The summed E-state index contributed by atoms with van der Waals surface area (Å²) in [5.74, 6) is -0.681. The summed E-state index contributed by atoms with van der Waals surface area (Å²) in [5, 5.41) is 2.70. The van der Waals surface area contributed by atoms with Crippen LogP contribution >= 0.6 is 0 Å². The molecule has 1 fully saturated rings. The van der Waals surface area contributed by atoms with Crippen LogP contribution in [0.25, 0.3) is 0 Å². The number of hydrogen-bond acceptors (Lipinski definition) is 3. The summed E-state index contributed by atoms with van der Waals surface area (Å²) < 4.78 is 14.5. The summed E-state index contributed by atoms with van der Waals surface area (Å²) in [6, 6.07) is 8.48. The van der Waals surface area contributed by atoms with E-state index in [1.165, 1.54) is 49.2 Å². The number of halogens is 1. The molecule has 6 heteroatoms. The maximum absolute atomic E-state index is 12.9. The second-order valence-corrected chi connectivity index (χ2v) is 5.96. The zero-order chi connectivity index (χ0) is 16.9. The minimum Gasteiger partial charge on any atom is -0.322 e. The Morgan fingerprint density at radius 3 is 2.46 bits per heavy atom. The number of aromatic nitrogens is 1. The van der Waals surface area contributed by atoms with Crippen molar-refractivity contribution in [2.45, 2.75) is 19.4 Å². The van der Waals surface area contributed by atoms with Gasteiger partial charge in [0.1, 0.15) is 5.82 Å². The van der Waals surface area contributed by atoms with Crippen LogP contribution in [0.15, 0.2) is 47.4 Å². The van der Waals surface area contributed by atoms with Crippen LogP contribution < -0.4 is 10.9 Å². The molecule has 1 aromatic carbocycles. The first-order valence-corrected chi connectivity index (χ1v) is 8.11. The monoisotopic (exact) mass is 329 g/mol. The van der Waals surface area contributed by atoms with E-state index in [-0.39, 0.29) is 17.3 Å². The molecular formula is C18H20FN3O2. The average Bonchev–Trinajstić information content (AvgIpc) is 3.09. The summed E-state index contributed by atoms with van der Waals surface area (Å²) in [4.78, 5) is 26.6. The van der Waals surface area contributed by atoms with Gasteiger partial charge in [0.15, 0.2) is 0 Å². The topological polar surface area (TPSA) is 54.3 Å². The number of anilines is 1. The first-order chi connectivity index (χ1) is 11.6. The van der Waals surface area contributed by atoms with Crippen LogP contribution in [-0.4, -0.2) is 35.0 Å². The number of pyridine rings is 1. The molecule has 3 rings (SSSR count). The van der Waals surface area contributed by atoms with Gasteiger partial charge in [0.2, 0.25) is 0 Å². The van der Waals surface area contributed by atoms with Crippen LogP contribution in [0, 0.1) is 5.82 Å².